The summed E-state index contributed by atoms with van der Waals surface area (Å²) in [5.41, 5.74) is 2.56. The van der Waals surface area contributed by atoms with Gasteiger partial charge in [0.05, 0.1) is 5.69 Å². The van der Waals surface area contributed by atoms with Gasteiger partial charge in [0, 0.05) is 45.2 Å². The number of piperidine rings is 1. The first-order chi connectivity index (χ1) is 12.6. The number of amides is 1. The normalized spacial score (nSPS) is 25.7. The number of aryl methyl sites for hydroxylation is 1. The number of fused-ring (bicyclic) bond motifs is 2. The minimum Gasteiger partial charge on any atom is -0.347 e. The highest BCUT2D eigenvalue weighted by molar-refractivity contribution is 5.76. The number of carbonyl (C=O) groups is 1. The lowest BCUT2D eigenvalue weighted by Crippen LogP contribution is -2.48. The number of aromatic nitrogens is 2. The fourth-order valence-corrected chi connectivity index (χ4v) is 5.27. The van der Waals surface area contributed by atoms with Gasteiger partial charge in [-0.1, -0.05) is 25.7 Å². The Bertz CT molecular complexity index is 664. The van der Waals surface area contributed by atoms with Crippen LogP contribution in [-0.2, 0) is 16.6 Å². The maximum Gasteiger partial charge on any atom is 0.225 e. The summed E-state index contributed by atoms with van der Waals surface area (Å²) in [5, 5.41) is 0. The molecule has 1 atom stereocenters. The Balaban J connectivity index is 1.47. The predicted octanol–water partition coefficient (Wildman–Crippen LogP) is 3.32. The van der Waals surface area contributed by atoms with E-state index in [2.05, 4.69) is 9.88 Å². The molecule has 1 aromatic rings. The Kier molecular flexibility index (Phi) is 4.89. The fraction of sp³-hybridized carbons (Fsp3) is 0.762. The molecule has 1 aromatic heterocycles. The molecule has 1 spiro atoms. The SMILES string of the molecule is CN(C)c1ncc2c(n1)C1(CCCN(C(=O)CCC3CCCC3)C1)CC2. The van der Waals surface area contributed by atoms with Crippen LogP contribution in [0.5, 0.6) is 0 Å². The molecular formula is C21H32N4O. The molecular weight excluding hydrogens is 324 g/mol. The van der Waals surface area contributed by atoms with Crippen LogP contribution < -0.4 is 4.90 Å². The molecule has 3 aliphatic rings. The number of rotatable bonds is 4. The summed E-state index contributed by atoms with van der Waals surface area (Å²) >= 11 is 0. The molecule has 1 aliphatic heterocycles. The molecule has 2 aliphatic carbocycles. The van der Waals surface area contributed by atoms with Gasteiger partial charge in [0.2, 0.25) is 11.9 Å². The molecule has 4 rings (SSSR count). The van der Waals surface area contributed by atoms with Crippen molar-refractivity contribution in [1.82, 2.24) is 14.9 Å². The average Bonchev–Trinajstić information content (AvgIpc) is 3.28. The maximum absolute atomic E-state index is 12.9. The lowest BCUT2D eigenvalue weighted by molar-refractivity contribution is -0.133. The largest absolute Gasteiger partial charge is 0.347 e. The monoisotopic (exact) mass is 356 g/mol. The van der Waals surface area contributed by atoms with E-state index in [9.17, 15) is 4.79 Å². The van der Waals surface area contributed by atoms with Crippen LogP contribution in [0.15, 0.2) is 6.20 Å². The van der Waals surface area contributed by atoms with E-state index < -0.39 is 0 Å². The van der Waals surface area contributed by atoms with Gasteiger partial charge >= 0.3 is 0 Å². The Morgan fingerprint density at radius 2 is 2.08 bits per heavy atom. The van der Waals surface area contributed by atoms with Crippen molar-refractivity contribution in [2.24, 2.45) is 5.92 Å². The smallest absolute Gasteiger partial charge is 0.225 e. The second-order valence-corrected chi connectivity index (χ2v) is 8.83. The van der Waals surface area contributed by atoms with E-state index in [1.165, 1.54) is 36.9 Å². The summed E-state index contributed by atoms with van der Waals surface area (Å²) in [6.45, 7) is 1.78. The van der Waals surface area contributed by atoms with E-state index in [-0.39, 0.29) is 5.41 Å². The minimum atomic E-state index is 0.0598. The second kappa shape index (κ2) is 7.16. The molecule has 0 aromatic carbocycles. The predicted molar refractivity (Wildman–Crippen MR) is 103 cm³/mol. The molecule has 5 heteroatoms. The van der Waals surface area contributed by atoms with Gasteiger partial charge in [-0.2, -0.15) is 0 Å². The van der Waals surface area contributed by atoms with Crippen molar-refractivity contribution in [3.05, 3.63) is 17.5 Å². The Hall–Kier alpha value is -1.65. The summed E-state index contributed by atoms with van der Waals surface area (Å²) in [6.07, 6.45) is 13.6. The Morgan fingerprint density at radius 1 is 1.27 bits per heavy atom. The first-order valence-corrected chi connectivity index (χ1v) is 10.4. The van der Waals surface area contributed by atoms with E-state index in [0.717, 1.165) is 63.5 Å². The molecule has 1 unspecified atom stereocenters. The number of anilines is 1. The lowest BCUT2D eigenvalue weighted by Gasteiger charge is -2.40. The maximum atomic E-state index is 12.9. The third kappa shape index (κ3) is 3.33. The first kappa shape index (κ1) is 17.7. The van der Waals surface area contributed by atoms with Crippen LogP contribution in [0.4, 0.5) is 5.95 Å². The van der Waals surface area contributed by atoms with Crippen molar-refractivity contribution in [2.45, 2.75) is 69.6 Å². The van der Waals surface area contributed by atoms with Crippen LogP contribution in [0, 0.1) is 5.92 Å². The number of hydrogen-bond donors (Lipinski definition) is 0. The molecule has 5 nitrogen and oxygen atoms in total. The Labute approximate surface area is 157 Å². The molecule has 0 N–H and O–H groups in total. The zero-order valence-corrected chi connectivity index (χ0v) is 16.3. The lowest BCUT2D eigenvalue weighted by atomic mass is 9.77. The first-order valence-electron chi connectivity index (χ1n) is 10.4. The van der Waals surface area contributed by atoms with Gasteiger partial charge in [-0.05, 0) is 43.6 Å². The molecule has 1 saturated heterocycles. The third-order valence-electron chi connectivity index (χ3n) is 6.80. The second-order valence-electron chi connectivity index (χ2n) is 8.83. The molecule has 0 bridgehead atoms. The van der Waals surface area contributed by atoms with Crippen LogP contribution in [0.1, 0.15) is 69.0 Å². The number of carbonyl (C=O) groups excluding carboxylic acids is 1. The van der Waals surface area contributed by atoms with Gasteiger partial charge in [0.15, 0.2) is 0 Å². The van der Waals surface area contributed by atoms with E-state index in [1.807, 2.05) is 25.2 Å². The van der Waals surface area contributed by atoms with Crippen molar-refractivity contribution < 1.29 is 4.79 Å². The van der Waals surface area contributed by atoms with E-state index >= 15 is 0 Å². The molecule has 1 saturated carbocycles. The highest BCUT2D eigenvalue weighted by Crippen LogP contribution is 2.44. The van der Waals surface area contributed by atoms with Gasteiger partial charge in [-0.25, -0.2) is 9.97 Å². The zero-order chi connectivity index (χ0) is 18.1. The molecule has 0 radical (unpaired) electrons. The summed E-state index contributed by atoms with van der Waals surface area (Å²) in [6, 6.07) is 0. The van der Waals surface area contributed by atoms with Crippen molar-refractivity contribution >= 4 is 11.9 Å². The summed E-state index contributed by atoms with van der Waals surface area (Å²) in [7, 11) is 3.98. The average molecular weight is 357 g/mol. The van der Waals surface area contributed by atoms with Crippen LogP contribution >= 0.6 is 0 Å². The number of nitrogens with zero attached hydrogens (tertiary/aromatic N) is 4. The number of hydrogen-bond acceptors (Lipinski definition) is 4. The van der Waals surface area contributed by atoms with Gasteiger partial charge in [0.25, 0.3) is 0 Å². The van der Waals surface area contributed by atoms with E-state index in [4.69, 9.17) is 4.98 Å². The van der Waals surface area contributed by atoms with Gasteiger partial charge in [-0.3, -0.25) is 4.79 Å². The molecule has 26 heavy (non-hydrogen) atoms. The van der Waals surface area contributed by atoms with Crippen LogP contribution in [0.2, 0.25) is 0 Å². The fourth-order valence-electron chi connectivity index (χ4n) is 5.27. The minimum absolute atomic E-state index is 0.0598. The van der Waals surface area contributed by atoms with Gasteiger partial charge in [0.1, 0.15) is 0 Å². The van der Waals surface area contributed by atoms with Gasteiger partial charge < -0.3 is 9.80 Å². The van der Waals surface area contributed by atoms with Crippen molar-refractivity contribution in [1.29, 1.82) is 0 Å². The molecule has 142 valence electrons. The highest BCUT2D eigenvalue weighted by Gasteiger charge is 2.44. The highest BCUT2D eigenvalue weighted by atomic mass is 16.2. The topological polar surface area (TPSA) is 49.3 Å². The van der Waals surface area contributed by atoms with E-state index in [0.29, 0.717) is 5.91 Å². The van der Waals surface area contributed by atoms with Gasteiger partial charge in [-0.15, -0.1) is 0 Å². The quantitative estimate of drug-likeness (QED) is 0.830. The molecule has 2 heterocycles. The van der Waals surface area contributed by atoms with Crippen molar-refractivity contribution in [3.63, 3.8) is 0 Å². The van der Waals surface area contributed by atoms with Crippen molar-refractivity contribution in [3.8, 4) is 0 Å². The Morgan fingerprint density at radius 3 is 2.85 bits per heavy atom. The summed E-state index contributed by atoms with van der Waals surface area (Å²) in [5.74, 6) is 1.95. The zero-order valence-electron chi connectivity index (χ0n) is 16.3. The van der Waals surface area contributed by atoms with E-state index in [1.54, 1.807) is 0 Å². The standard InChI is InChI=1S/C21H32N4O/c1-24(2)20-22-14-17-10-12-21(19(17)23-20)11-5-13-25(15-21)18(26)9-8-16-6-3-4-7-16/h14,16H,3-13,15H2,1-2H3. The summed E-state index contributed by atoms with van der Waals surface area (Å²) < 4.78 is 0. The number of likely N-dealkylation sites (tertiary alicyclic amines) is 1. The molecule has 2 fully saturated rings. The summed E-state index contributed by atoms with van der Waals surface area (Å²) in [4.78, 5) is 26.4. The van der Waals surface area contributed by atoms with Crippen LogP contribution in [-0.4, -0.2) is 48.0 Å². The van der Waals surface area contributed by atoms with Crippen LogP contribution in [0.3, 0.4) is 0 Å². The van der Waals surface area contributed by atoms with Crippen LogP contribution in [0.25, 0.3) is 0 Å². The van der Waals surface area contributed by atoms with Crippen molar-refractivity contribution in [2.75, 3.05) is 32.1 Å². The third-order valence-corrected chi connectivity index (χ3v) is 6.80. The molecule has 1 amide bonds.